The molecule has 5 rings (SSSR count). The number of imidazole rings is 1. The van der Waals surface area contributed by atoms with Gasteiger partial charge in [-0.15, -0.1) is 0 Å². The maximum atomic E-state index is 13.3. The summed E-state index contributed by atoms with van der Waals surface area (Å²) in [5.74, 6) is 0.851. The van der Waals surface area contributed by atoms with Crippen LogP contribution in [-0.4, -0.2) is 22.5 Å². The van der Waals surface area contributed by atoms with Crippen LogP contribution in [0.25, 0.3) is 11.0 Å². The zero-order chi connectivity index (χ0) is 19.8. The monoisotopic (exact) mass is 383 g/mol. The van der Waals surface area contributed by atoms with Crippen molar-refractivity contribution in [3.05, 3.63) is 89.7 Å². The Balaban J connectivity index is 1.60. The summed E-state index contributed by atoms with van der Waals surface area (Å²) in [5.41, 5.74) is 5.43. The standard InChI is InChI=1S/C24H21N3O2/c1-2-13-29-18-10-7-16(8-11-18)23-19-5-3-4-6-20(19)24(28)27(23)17-9-12-21-22(14-17)26-15-25-21/h3-12,14-15,23H,2,13H2,1H3,(H,25,26). The lowest BCUT2D eigenvalue weighted by Crippen LogP contribution is -2.28. The van der Waals surface area contributed by atoms with Gasteiger partial charge < -0.3 is 9.72 Å². The Hall–Kier alpha value is -3.60. The third kappa shape index (κ3) is 2.95. The van der Waals surface area contributed by atoms with Gasteiger partial charge in [0, 0.05) is 11.3 Å². The number of hydrogen-bond donors (Lipinski definition) is 1. The zero-order valence-corrected chi connectivity index (χ0v) is 16.1. The van der Waals surface area contributed by atoms with Gasteiger partial charge in [-0.25, -0.2) is 4.98 Å². The van der Waals surface area contributed by atoms with Crippen molar-refractivity contribution in [2.24, 2.45) is 0 Å². The molecule has 0 saturated carbocycles. The van der Waals surface area contributed by atoms with Crippen molar-refractivity contribution < 1.29 is 9.53 Å². The summed E-state index contributed by atoms with van der Waals surface area (Å²) < 4.78 is 5.72. The average molecular weight is 383 g/mol. The van der Waals surface area contributed by atoms with E-state index in [4.69, 9.17) is 4.74 Å². The first-order valence-electron chi connectivity index (χ1n) is 9.84. The highest BCUT2D eigenvalue weighted by Gasteiger charge is 2.38. The van der Waals surface area contributed by atoms with E-state index in [9.17, 15) is 4.79 Å². The zero-order valence-electron chi connectivity index (χ0n) is 16.1. The molecule has 1 aliphatic heterocycles. The largest absolute Gasteiger partial charge is 0.494 e. The van der Waals surface area contributed by atoms with Gasteiger partial charge in [0.1, 0.15) is 5.75 Å². The van der Waals surface area contributed by atoms with E-state index in [1.807, 2.05) is 71.6 Å². The minimum atomic E-state index is -0.185. The molecule has 5 nitrogen and oxygen atoms in total. The number of carbonyl (C=O) groups excluding carboxylic acids is 1. The van der Waals surface area contributed by atoms with E-state index in [0.29, 0.717) is 6.61 Å². The Morgan fingerprint density at radius 3 is 2.72 bits per heavy atom. The molecule has 0 spiro atoms. The number of nitrogens with one attached hydrogen (secondary N) is 1. The quantitative estimate of drug-likeness (QED) is 0.521. The molecule has 0 saturated heterocycles. The van der Waals surface area contributed by atoms with Gasteiger partial charge >= 0.3 is 0 Å². The highest BCUT2D eigenvalue weighted by Crippen LogP contribution is 2.42. The molecular formula is C24H21N3O2. The number of H-pyrrole nitrogens is 1. The van der Waals surface area contributed by atoms with Crippen LogP contribution in [-0.2, 0) is 0 Å². The maximum absolute atomic E-state index is 13.3. The number of aromatic nitrogens is 2. The van der Waals surface area contributed by atoms with Gasteiger partial charge in [0.05, 0.1) is 30.0 Å². The summed E-state index contributed by atoms with van der Waals surface area (Å²) in [6.45, 7) is 2.78. The lowest BCUT2D eigenvalue weighted by atomic mass is 9.97. The van der Waals surface area contributed by atoms with Gasteiger partial charge in [-0.1, -0.05) is 37.3 Å². The van der Waals surface area contributed by atoms with E-state index in [-0.39, 0.29) is 11.9 Å². The SMILES string of the molecule is CCCOc1ccc(C2c3ccccc3C(=O)N2c2ccc3[nH]cnc3c2)cc1. The highest BCUT2D eigenvalue weighted by molar-refractivity contribution is 6.12. The number of benzene rings is 3. The second-order valence-electron chi connectivity index (χ2n) is 7.19. The van der Waals surface area contributed by atoms with Crippen LogP contribution in [0.3, 0.4) is 0 Å². The van der Waals surface area contributed by atoms with Gasteiger partial charge in [-0.3, -0.25) is 9.69 Å². The molecule has 0 bridgehead atoms. The normalized spacial score (nSPS) is 15.7. The minimum absolute atomic E-state index is 0.00629. The summed E-state index contributed by atoms with van der Waals surface area (Å²) in [7, 11) is 0. The fourth-order valence-corrected chi connectivity index (χ4v) is 3.95. The number of ether oxygens (including phenoxy) is 1. The first-order valence-corrected chi connectivity index (χ1v) is 9.84. The predicted molar refractivity (Wildman–Crippen MR) is 113 cm³/mol. The molecule has 1 N–H and O–H groups in total. The summed E-state index contributed by atoms with van der Waals surface area (Å²) in [6.07, 6.45) is 2.64. The van der Waals surface area contributed by atoms with Crippen LogP contribution in [0.2, 0.25) is 0 Å². The third-order valence-corrected chi connectivity index (χ3v) is 5.31. The molecule has 1 unspecified atom stereocenters. The van der Waals surface area contributed by atoms with E-state index in [0.717, 1.165) is 45.6 Å². The van der Waals surface area contributed by atoms with Crippen molar-refractivity contribution in [2.45, 2.75) is 19.4 Å². The summed E-state index contributed by atoms with van der Waals surface area (Å²) in [5, 5.41) is 0. The average Bonchev–Trinajstić information content (AvgIpc) is 3.35. The van der Waals surface area contributed by atoms with Crippen LogP contribution >= 0.6 is 0 Å². The van der Waals surface area contributed by atoms with E-state index in [1.54, 1.807) is 6.33 Å². The van der Waals surface area contributed by atoms with E-state index in [2.05, 4.69) is 16.9 Å². The Kier molecular flexibility index (Phi) is 4.28. The Labute approximate surface area is 169 Å². The van der Waals surface area contributed by atoms with E-state index in [1.165, 1.54) is 0 Å². The molecule has 1 atom stereocenters. The van der Waals surface area contributed by atoms with Crippen LogP contribution in [0.4, 0.5) is 5.69 Å². The van der Waals surface area contributed by atoms with Crippen molar-refractivity contribution in [3.63, 3.8) is 0 Å². The molecule has 144 valence electrons. The van der Waals surface area contributed by atoms with Gasteiger partial charge in [0.2, 0.25) is 0 Å². The van der Waals surface area contributed by atoms with E-state index >= 15 is 0 Å². The molecule has 3 aromatic carbocycles. The molecule has 2 heterocycles. The van der Waals surface area contributed by atoms with Crippen LogP contribution < -0.4 is 9.64 Å². The van der Waals surface area contributed by atoms with Crippen LogP contribution in [0.5, 0.6) is 5.75 Å². The summed E-state index contributed by atoms with van der Waals surface area (Å²) in [4.78, 5) is 22.7. The van der Waals surface area contributed by atoms with Crippen molar-refractivity contribution >= 4 is 22.6 Å². The minimum Gasteiger partial charge on any atom is -0.494 e. The molecule has 0 aliphatic carbocycles. The number of anilines is 1. The van der Waals surface area contributed by atoms with Crippen molar-refractivity contribution in [1.82, 2.24) is 9.97 Å². The smallest absolute Gasteiger partial charge is 0.259 e. The number of hydrogen-bond acceptors (Lipinski definition) is 3. The Morgan fingerprint density at radius 1 is 1.07 bits per heavy atom. The Bertz CT molecular complexity index is 1180. The molecule has 4 aromatic rings. The summed E-state index contributed by atoms with van der Waals surface area (Å²) in [6, 6.07) is 21.6. The molecule has 1 aliphatic rings. The second kappa shape index (κ2) is 7.09. The van der Waals surface area contributed by atoms with Crippen molar-refractivity contribution in [2.75, 3.05) is 11.5 Å². The molecule has 1 amide bonds. The van der Waals surface area contributed by atoms with Gasteiger partial charge in [-0.2, -0.15) is 0 Å². The second-order valence-corrected chi connectivity index (χ2v) is 7.19. The van der Waals surface area contributed by atoms with Gasteiger partial charge in [0.25, 0.3) is 5.91 Å². The van der Waals surface area contributed by atoms with Gasteiger partial charge in [-0.05, 0) is 53.9 Å². The highest BCUT2D eigenvalue weighted by atomic mass is 16.5. The predicted octanol–water partition coefficient (Wildman–Crippen LogP) is 5.10. The topological polar surface area (TPSA) is 58.2 Å². The third-order valence-electron chi connectivity index (χ3n) is 5.31. The lowest BCUT2D eigenvalue weighted by Gasteiger charge is -2.26. The lowest BCUT2D eigenvalue weighted by molar-refractivity contribution is 0.0993. The van der Waals surface area contributed by atoms with Crippen LogP contribution in [0.1, 0.15) is 40.9 Å². The molecular weight excluding hydrogens is 362 g/mol. The molecule has 1 aromatic heterocycles. The van der Waals surface area contributed by atoms with Gasteiger partial charge in [0.15, 0.2) is 0 Å². The number of amides is 1. The van der Waals surface area contributed by atoms with Crippen LogP contribution in [0.15, 0.2) is 73.1 Å². The number of nitrogens with zero attached hydrogens (tertiary/aromatic N) is 2. The fourth-order valence-electron chi connectivity index (χ4n) is 3.95. The molecule has 0 radical (unpaired) electrons. The molecule has 5 heteroatoms. The Morgan fingerprint density at radius 2 is 1.90 bits per heavy atom. The molecule has 29 heavy (non-hydrogen) atoms. The van der Waals surface area contributed by atoms with E-state index < -0.39 is 0 Å². The number of fused-ring (bicyclic) bond motifs is 2. The maximum Gasteiger partial charge on any atom is 0.259 e. The van der Waals surface area contributed by atoms with Crippen molar-refractivity contribution in [3.8, 4) is 5.75 Å². The number of carbonyl (C=O) groups is 1. The fraction of sp³-hybridized carbons (Fsp3) is 0.167. The first kappa shape index (κ1) is 17.5. The number of rotatable bonds is 5. The number of aromatic amines is 1. The summed E-state index contributed by atoms with van der Waals surface area (Å²) >= 11 is 0. The van der Waals surface area contributed by atoms with Crippen molar-refractivity contribution in [1.29, 1.82) is 0 Å². The first-order chi connectivity index (χ1) is 14.3. The molecule has 0 fully saturated rings. The van der Waals surface area contributed by atoms with Crippen LogP contribution in [0, 0.1) is 0 Å².